The maximum absolute atomic E-state index is 13.3. The van der Waals surface area contributed by atoms with Gasteiger partial charge in [0.05, 0.1) is 43.6 Å². The predicted octanol–water partition coefficient (Wildman–Crippen LogP) is 4.98. The van der Waals surface area contributed by atoms with E-state index in [1.165, 1.54) is 24.5 Å². The van der Waals surface area contributed by atoms with E-state index in [4.69, 9.17) is 20.8 Å². The van der Waals surface area contributed by atoms with Crippen molar-refractivity contribution in [3.05, 3.63) is 101 Å². The van der Waals surface area contributed by atoms with Crippen LogP contribution in [0.3, 0.4) is 0 Å². The molecule has 0 saturated carbocycles. The minimum absolute atomic E-state index is 0.0726. The first-order chi connectivity index (χ1) is 17.9. The Kier molecular flexibility index (Phi) is 8.65. The second kappa shape index (κ2) is 12.1. The SMILES string of the molecule is COCCn1c(CN(Cc2ccco2)C(=O)Nc2cccc(Cl)c2)cnc1S(=O)(=O)Cc1ccccc1. The molecule has 2 amide bonds. The van der Waals surface area contributed by atoms with Crippen molar-refractivity contribution < 1.29 is 22.4 Å². The van der Waals surface area contributed by atoms with Gasteiger partial charge in [-0.25, -0.2) is 18.2 Å². The Bertz CT molecular complexity index is 1420. The Morgan fingerprint density at radius 1 is 1.11 bits per heavy atom. The fourth-order valence-corrected chi connectivity index (χ4v) is 5.51. The van der Waals surface area contributed by atoms with Crippen molar-refractivity contribution in [2.75, 3.05) is 19.0 Å². The number of methoxy groups -OCH3 is 1. The van der Waals surface area contributed by atoms with Gasteiger partial charge < -0.3 is 23.9 Å². The number of nitrogens with zero attached hydrogens (tertiary/aromatic N) is 3. The highest BCUT2D eigenvalue weighted by atomic mass is 35.5. The van der Waals surface area contributed by atoms with Gasteiger partial charge in [-0.15, -0.1) is 0 Å². The molecule has 0 aliphatic carbocycles. The summed E-state index contributed by atoms with van der Waals surface area (Å²) in [4.78, 5) is 19.1. The summed E-state index contributed by atoms with van der Waals surface area (Å²) in [6, 6.07) is 18.8. The molecule has 0 radical (unpaired) electrons. The molecule has 0 unspecified atom stereocenters. The van der Waals surface area contributed by atoms with E-state index in [0.29, 0.717) is 27.7 Å². The maximum atomic E-state index is 13.3. The monoisotopic (exact) mass is 542 g/mol. The first-order valence-electron chi connectivity index (χ1n) is 11.5. The van der Waals surface area contributed by atoms with Crippen molar-refractivity contribution in [2.45, 2.75) is 30.5 Å². The van der Waals surface area contributed by atoms with Gasteiger partial charge in [0.2, 0.25) is 15.0 Å². The summed E-state index contributed by atoms with van der Waals surface area (Å²) in [6.07, 6.45) is 3.01. The zero-order chi connectivity index (χ0) is 26.3. The number of amides is 2. The minimum Gasteiger partial charge on any atom is -0.467 e. The van der Waals surface area contributed by atoms with Gasteiger partial charge in [-0.2, -0.15) is 0 Å². The van der Waals surface area contributed by atoms with Crippen LogP contribution >= 0.6 is 11.6 Å². The van der Waals surface area contributed by atoms with Crippen molar-refractivity contribution >= 4 is 33.2 Å². The number of nitrogens with one attached hydrogen (secondary N) is 1. The van der Waals surface area contributed by atoms with Crippen LogP contribution in [0.5, 0.6) is 0 Å². The lowest BCUT2D eigenvalue weighted by Crippen LogP contribution is -2.35. The number of urea groups is 1. The minimum atomic E-state index is -3.77. The molecule has 4 aromatic rings. The summed E-state index contributed by atoms with van der Waals surface area (Å²) in [5.74, 6) is 0.379. The molecule has 4 rings (SSSR count). The van der Waals surface area contributed by atoms with Crippen LogP contribution in [0.1, 0.15) is 17.0 Å². The molecule has 37 heavy (non-hydrogen) atoms. The Labute approximate surface area is 220 Å². The number of halogens is 1. The van der Waals surface area contributed by atoms with Crippen LogP contribution in [0.4, 0.5) is 10.5 Å². The smallest absolute Gasteiger partial charge is 0.322 e. The van der Waals surface area contributed by atoms with E-state index in [1.54, 1.807) is 65.2 Å². The number of carbonyl (C=O) groups is 1. The van der Waals surface area contributed by atoms with E-state index in [0.717, 1.165) is 0 Å². The molecule has 0 spiro atoms. The highest BCUT2D eigenvalue weighted by Crippen LogP contribution is 2.21. The highest BCUT2D eigenvalue weighted by Gasteiger charge is 2.26. The molecule has 2 heterocycles. The molecule has 2 aromatic heterocycles. The van der Waals surface area contributed by atoms with Crippen LogP contribution in [0.15, 0.2) is 88.8 Å². The molecule has 1 N–H and O–H groups in total. The largest absolute Gasteiger partial charge is 0.467 e. The molecule has 0 atom stereocenters. The van der Waals surface area contributed by atoms with Crippen LogP contribution in [-0.2, 0) is 40.0 Å². The third kappa shape index (κ3) is 7.00. The summed E-state index contributed by atoms with van der Waals surface area (Å²) in [6.45, 7) is 0.745. The molecule has 0 aliphatic rings. The Morgan fingerprint density at radius 3 is 2.62 bits per heavy atom. The van der Waals surface area contributed by atoms with Gasteiger partial charge in [-0.05, 0) is 35.9 Å². The van der Waals surface area contributed by atoms with E-state index >= 15 is 0 Å². The number of carbonyl (C=O) groups excluding carboxylic acids is 1. The predicted molar refractivity (Wildman–Crippen MR) is 140 cm³/mol. The van der Waals surface area contributed by atoms with E-state index in [9.17, 15) is 13.2 Å². The number of imidazole rings is 1. The second-order valence-electron chi connectivity index (χ2n) is 8.30. The Hall–Kier alpha value is -3.60. The van der Waals surface area contributed by atoms with Gasteiger partial charge in [-0.1, -0.05) is 48.0 Å². The summed E-state index contributed by atoms with van der Waals surface area (Å²) in [7, 11) is -2.23. The normalized spacial score (nSPS) is 11.4. The van der Waals surface area contributed by atoms with Crippen LogP contribution in [-0.4, -0.2) is 42.6 Å². The average molecular weight is 543 g/mol. The second-order valence-corrected chi connectivity index (χ2v) is 10.6. The number of benzene rings is 2. The lowest BCUT2D eigenvalue weighted by atomic mass is 10.2. The summed E-state index contributed by atoms with van der Waals surface area (Å²) in [5.41, 5.74) is 1.73. The molecule has 194 valence electrons. The number of furan rings is 1. The zero-order valence-electron chi connectivity index (χ0n) is 20.2. The molecular weight excluding hydrogens is 516 g/mol. The van der Waals surface area contributed by atoms with Gasteiger partial charge in [-0.3, -0.25) is 0 Å². The number of ether oxygens (including phenoxy) is 1. The fourth-order valence-electron chi connectivity index (χ4n) is 3.80. The third-order valence-corrected chi connectivity index (χ3v) is 7.37. The Morgan fingerprint density at radius 2 is 1.92 bits per heavy atom. The standard InChI is InChI=1S/C26H27ClN4O5S/c1-35-14-12-31-23(16-28-26(31)37(33,34)19-20-7-3-2-4-8-20)17-30(18-24-11-6-13-36-24)25(32)29-22-10-5-9-21(27)15-22/h2-11,13,15-16H,12,14,17-19H2,1H3,(H,29,32). The molecule has 9 nitrogen and oxygen atoms in total. The number of rotatable bonds is 11. The number of sulfone groups is 1. The highest BCUT2D eigenvalue weighted by molar-refractivity contribution is 7.90. The third-order valence-electron chi connectivity index (χ3n) is 5.54. The van der Waals surface area contributed by atoms with Gasteiger partial charge in [0.1, 0.15) is 5.76 Å². The number of hydrogen-bond acceptors (Lipinski definition) is 6. The lowest BCUT2D eigenvalue weighted by molar-refractivity contribution is 0.179. The average Bonchev–Trinajstić information content (AvgIpc) is 3.53. The van der Waals surface area contributed by atoms with Gasteiger partial charge >= 0.3 is 6.03 Å². The zero-order valence-corrected chi connectivity index (χ0v) is 21.8. The number of aromatic nitrogens is 2. The maximum Gasteiger partial charge on any atom is 0.322 e. The molecule has 0 bridgehead atoms. The molecule has 0 saturated heterocycles. The van der Waals surface area contributed by atoms with Crippen molar-refractivity contribution in [1.82, 2.24) is 14.5 Å². The van der Waals surface area contributed by atoms with Crippen LogP contribution < -0.4 is 5.32 Å². The first kappa shape index (κ1) is 26.5. The van der Waals surface area contributed by atoms with E-state index in [2.05, 4.69) is 10.3 Å². The molecule has 2 aromatic carbocycles. The van der Waals surface area contributed by atoms with E-state index in [1.807, 2.05) is 6.07 Å². The molecule has 0 fully saturated rings. The topological polar surface area (TPSA) is 107 Å². The van der Waals surface area contributed by atoms with E-state index in [-0.39, 0.29) is 37.2 Å². The van der Waals surface area contributed by atoms with Gasteiger partial charge in [0.15, 0.2) is 0 Å². The van der Waals surface area contributed by atoms with Crippen molar-refractivity contribution in [3.8, 4) is 0 Å². The molecule has 0 aliphatic heterocycles. The van der Waals surface area contributed by atoms with Crippen LogP contribution in [0.25, 0.3) is 0 Å². The van der Waals surface area contributed by atoms with E-state index < -0.39 is 15.9 Å². The lowest BCUT2D eigenvalue weighted by Gasteiger charge is -2.23. The summed E-state index contributed by atoms with van der Waals surface area (Å²) < 4.78 is 38.9. The number of hydrogen-bond donors (Lipinski definition) is 1. The molecule has 11 heteroatoms. The molecular formula is C26H27ClN4O5S. The Balaban J connectivity index is 1.63. The van der Waals surface area contributed by atoms with Crippen molar-refractivity contribution in [2.24, 2.45) is 0 Å². The number of anilines is 1. The van der Waals surface area contributed by atoms with Crippen LogP contribution in [0.2, 0.25) is 5.02 Å². The van der Waals surface area contributed by atoms with Gasteiger partial charge in [0, 0.05) is 24.4 Å². The van der Waals surface area contributed by atoms with Crippen molar-refractivity contribution in [1.29, 1.82) is 0 Å². The summed E-state index contributed by atoms with van der Waals surface area (Å²) >= 11 is 6.07. The van der Waals surface area contributed by atoms with Crippen LogP contribution in [0, 0.1) is 0 Å². The van der Waals surface area contributed by atoms with Crippen molar-refractivity contribution in [3.63, 3.8) is 0 Å². The fraction of sp³-hybridized carbons (Fsp3) is 0.231. The first-order valence-corrected chi connectivity index (χ1v) is 13.5. The quantitative estimate of drug-likeness (QED) is 0.286. The summed E-state index contributed by atoms with van der Waals surface area (Å²) in [5, 5.41) is 3.25. The van der Waals surface area contributed by atoms with Gasteiger partial charge in [0.25, 0.3) is 0 Å².